The van der Waals surface area contributed by atoms with Gasteiger partial charge in [0.05, 0.1) is 5.92 Å². The fraction of sp³-hybridized carbons (Fsp3) is 0.900. The summed E-state index contributed by atoms with van der Waals surface area (Å²) in [6, 6.07) is 0. The highest BCUT2D eigenvalue weighted by Gasteiger charge is 2.41. The lowest BCUT2D eigenvalue weighted by Crippen LogP contribution is -2.26. The average molecular weight is 186 g/mol. The molecule has 1 heterocycles. The van der Waals surface area contributed by atoms with Crippen LogP contribution in [0, 0.1) is 11.8 Å². The molecular formula is C10H18O3. The van der Waals surface area contributed by atoms with Gasteiger partial charge in [0.1, 0.15) is 12.2 Å². The van der Waals surface area contributed by atoms with Crippen molar-refractivity contribution in [2.75, 3.05) is 0 Å². The van der Waals surface area contributed by atoms with Crippen LogP contribution >= 0.6 is 0 Å². The van der Waals surface area contributed by atoms with E-state index in [4.69, 9.17) is 4.74 Å². The van der Waals surface area contributed by atoms with Crippen molar-refractivity contribution in [2.24, 2.45) is 11.8 Å². The van der Waals surface area contributed by atoms with Gasteiger partial charge in [-0.2, -0.15) is 0 Å². The molecule has 1 rings (SSSR count). The van der Waals surface area contributed by atoms with Crippen molar-refractivity contribution in [2.45, 2.75) is 45.8 Å². The quantitative estimate of drug-likeness (QED) is 0.677. The van der Waals surface area contributed by atoms with E-state index in [-0.39, 0.29) is 18.0 Å². The van der Waals surface area contributed by atoms with E-state index in [1.807, 2.05) is 0 Å². The molecule has 0 amide bonds. The molecule has 0 aromatic heterocycles. The lowest BCUT2D eigenvalue weighted by molar-refractivity contribution is -0.144. The highest BCUT2D eigenvalue weighted by Crippen LogP contribution is 2.28. The van der Waals surface area contributed by atoms with E-state index < -0.39 is 6.10 Å². The fourth-order valence-corrected chi connectivity index (χ4v) is 1.64. The van der Waals surface area contributed by atoms with Gasteiger partial charge in [0, 0.05) is 0 Å². The number of aliphatic hydroxyl groups excluding tert-OH is 1. The summed E-state index contributed by atoms with van der Waals surface area (Å²) >= 11 is 0. The number of carbonyl (C=O) groups excluding carboxylic acids is 1. The number of ether oxygens (including phenoxy) is 1. The lowest BCUT2D eigenvalue weighted by Gasteiger charge is -2.15. The van der Waals surface area contributed by atoms with E-state index in [1.165, 1.54) is 0 Å². The molecule has 1 saturated heterocycles. The molecule has 4 atom stereocenters. The number of aliphatic hydroxyl groups is 1. The van der Waals surface area contributed by atoms with Crippen molar-refractivity contribution >= 4 is 5.97 Å². The van der Waals surface area contributed by atoms with E-state index in [9.17, 15) is 9.90 Å². The Morgan fingerprint density at radius 2 is 2.23 bits per heavy atom. The molecule has 0 aliphatic carbocycles. The van der Waals surface area contributed by atoms with Gasteiger partial charge in [-0.3, -0.25) is 4.79 Å². The van der Waals surface area contributed by atoms with Gasteiger partial charge in [-0.15, -0.1) is 0 Å². The van der Waals surface area contributed by atoms with Crippen LogP contribution in [0.5, 0.6) is 0 Å². The third-order valence-electron chi connectivity index (χ3n) is 2.85. The zero-order valence-electron chi connectivity index (χ0n) is 8.49. The Bertz CT molecular complexity index is 191. The van der Waals surface area contributed by atoms with E-state index in [2.05, 4.69) is 13.8 Å². The van der Waals surface area contributed by atoms with E-state index in [0.29, 0.717) is 5.92 Å². The summed E-state index contributed by atoms with van der Waals surface area (Å²) in [7, 11) is 0. The topological polar surface area (TPSA) is 46.5 Å². The molecule has 0 aromatic carbocycles. The molecule has 1 N–H and O–H groups in total. The maximum Gasteiger partial charge on any atom is 0.312 e. The molecule has 0 aromatic rings. The third-order valence-corrected chi connectivity index (χ3v) is 2.85. The van der Waals surface area contributed by atoms with Crippen molar-refractivity contribution < 1.29 is 14.6 Å². The van der Waals surface area contributed by atoms with Crippen molar-refractivity contribution in [3.63, 3.8) is 0 Å². The van der Waals surface area contributed by atoms with E-state index in [1.54, 1.807) is 6.92 Å². The number of carbonyl (C=O) groups is 1. The van der Waals surface area contributed by atoms with Crippen molar-refractivity contribution in [3.05, 3.63) is 0 Å². The Kier molecular flexibility index (Phi) is 3.31. The van der Waals surface area contributed by atoms with E-state index in [0.717, 1.165) is 12.8 Å². The number of cyclic esters (lactones) is 1. The van der Waals surface area contributed by atoms with Crippen LogP contribution in [0.4, 0.5) is 0 Å². The van der Waals surface area contributed by atoms with Crippen LogP contribution in [-0.2, 0) is 9.53 Å². The number of hydrogen-bond donors (Lipinski definition) is 1. The Balaban J connectivity index is 2.53. The lowest BCUT2D eigenvalue weighted by atomic mass is 9.90. The van der Waals surface area contributed by atoms with Gasteiger partial charge < -0.3 is 9.84 Å². The van der Waals surface area contributed by atoms with Gasteiger partial charge in [0.2, 0.25) is 0 Å². The molecule has 1 aliphatic rings. The van der Waals surface area contributed by atoms with Crippen LogP contribution in [0.25, 0.3) is 0 Å². The Hall–Kier alpha value is -0.570. The van der Waals surface area contributed by atoms with Crippen LogP contribution in [0.2, 0.25) is 0 Å². The molecule has 1 fully saturated rings. The SMILES string of the molecule is CCC(C)C[C@H]1C(=O)O[C@@H](C)[C@@H]1O. The first-order valence-corrected chi connectivity index (χ1v) is 4.94. The van der Waals surface area contributed by atoms with E-state index >= 15 is 0 Å². The maximum atomic E-state index is 11.3. The zero-order valence-corrected chi connectivity index (χ0v) is 8.49. The standard InChI is InChI=1S/C10H18O3/c1-4-6(2)5-8-9(11)7(3)13-10(8)12/h6-9,11H,4-5H2,1-3H3/t6?,7-,8+,9-/m0/s1. The monoisotopic (exact) mass is 186 g/mol. The van der Waals surface area contributed by atoms with Crippen LogP contribution in [0.15, 0.2) is 0 Å². The summed E-state index contributed by atoms with van der Waals surface area (Å²) in [6.45, 7) is 5.91. The summed E-state index contributed by atoms with van der Waals surface area (Å²) < 4.78 is 4.94. The minimum atomic E-state index is -0.610. The van der Waals surface area contributed by atoms with Gasteiger partial charge in [-0.1, -0.05) is 20.3 Å². The molecular weight excluding hydrogens is 168 g/mol. The first-order chi connectivity index (χ1) is 6.06. The third kappa shape index (κ3) is 2.21. The number of rotatable bonds is 3. The molecule has 13 heavy (non-hydrogen) atoms. The highest BCUT2D eigenvalue weighted by atomic mass is 16.6. The summed E-state index contributed by atoms with van der Waals surface area (Å²) in [5, 5.41) is 9.63. The Morgan fingerprint density at radius 3 is 2.62 bits per heavy atom. The molecule has 76 valence electrons. The summed E-state index contributed by atoms with van der Waals surface area (Å²) in [4.78, 5) is 11.3. The second kappa shape index (κ2) is 4.09. The van der Waals surface area contributed by atoms with Crippen LogP contribution in [0.3, 0.4) is 0 Å². The van der Waals surface area contributed by atoms with Crippen molar-refractivity contribution in [1.82, 2.24) is 0 Å². The summed E-state index contributed by atoms with van der Waals surface area (Å²) in [6.07, 6.45) is 0.828. The molecule has 1 unspecified atom stereocenters. The zero-order chi connectivity index (χ0) is 10.0. The van der Waals surface area contributed by atoms with Gasteiger partial charge in [-0.05, 0) is 19.3 Å². The first-order valence-electron chi connectivity index (χ1n) is 4.94. The second-order valence-electron chi connectivity index (χ2n) is 3.99. The fourth-order valence-electron chi connectivity index (χ4n) is 1.64. The molecule has 0 saturated carbocycles. The normalized spacial score (nSPS) is 36.0. The largest absolute Gasteiger partial charge is 0.460 e. The number of esters is 1. The van der Waals surface area contributed by atoms with Gasteiger partial charge in [0.25, 0.3) is 0 Å². The Labute approximate surface area is 79.1 Å². The summed E-state index contributed by atoms with van der Waals surface area (Å²) in [5.41, 5.74) is 0. The second-order valence-corrected chi connectivity index (χ2v) is 3.99. The predicted octanol–water partition coefficient (Wildman–Crippen LogP) is 1.34. The molecule has 3 nitrogen and oxygen atoms in total. The molecule has 0 bridgehead atoms. The van der Waals surface area contributed by atoms with Crippen molar-refractivity contribution in [1.29, 1.82) is 0 Å². The minimum Gasteiger partial charge on any atom is -0.460 e. The average Bonchev–Trinajstić information content (AvgIpc) is 2.32. The van der Waals surface area contributed by atoms with Gasteiger partial charge >= 0.3 is 5.97 Å². The molecule has 1 aliphatic heterocycles. The van der Waals surface area contributed by atoms with Crippen LogP contribution < -0.4 is 0 Å². The van der Waals surface area contributed by atoms with Crippen LogP contribution in [0.1, 0.15) is 33.6 Å². The Morgan fingerprint density at radius 1 is 1.62 bits per heavy atom. The maximum absolute atomic E-state index is 11.3. The molecule has 0 radical (unpaired) electrons. The predicted molar refractivity (Wildman–Crippen MR) is 49.1 cm³/mol. The van der Waals surface area contributed by atoms with Gasteiger partial charge in [0.15, 0.2) is 0 Å². The minimum absolute atomic E-state index is 0.236. The first kappa shape index (κ1) is 10.5. The smallest absolute Gasteiger partial charge is 0.312 e. The highest BCUT2D eigenvalue weighted by molar-refractivity contribution is 5.75. The van der Waals surface area contributed by atoms with Gasteiger partial charge in [-0.25, -0.2) is 0 Å². The van der Waals surface area contributed by atoms with Crippen LogP contribution in [-0.4, -0.2) is 23.3 Å². The summed E-state index contributed by atoms with van der Waals surface area (Å²) in [5.74, 6) is -0.0669. The number of hydrogen-bond acceptors (Lipinski definition) is 3. The molecule has 3 heteroatoms. The molecule has 0 spiro atoms. The van der Waals surface area contributed by atoms with Crippen molar-refractivity contribution in [3.8, 4) is 0 Å².